The van der Waals surface area contributed by atoms with Gasteiger partial charge in [-0.2, -0.15) is 5.26 Å². The monoisotopic (exact) mass is 356 g/mol. The topological polar surface area (TPSA) is 69.0 Å². The summed E-state index contributed by atoms with van der Waals surface area (Å²) < 4.78 is 0. The van der Waals surface area contributed by atoms with E-state index in [9.17, 15) is 10.1 Å². The minimum Gasteiger partial charge on any atom is -0.366 e. The molecule has 3 rings (SSSR count). The van der Waals surface area contributed by atoms with E-state index in [1.807, 2.05) is 24.3 Å². The van der Waals surface area contributed by atoms with Crippen LogP contribution in [0.3, 0.4) is 0 Å². The van der Waals surface area contributed by atoms with Gasteiger partial charge >= 0.3 is 0 Å². The van der Waals surface area contributed by atoms with Crippen molar-refractivity contribution < 1.29 is 4.79 Å². The fraction of sp³-hybridized carbons (Fsp3) is 0.136. The predicted molar refractivity (Wildman–Crippen MR) is 107 cm³/mol. The van der Waals surface area contributed by atoms with Crippen LogP contribution in [0, 0.1) is 11.3 Å². The van der Waals surface area contributed by atoms with Crippen molar-refractivity contribution >= 4 is 17.3 Å². The Balaban J connectivity index is 1.80. The van der Waals surface area contributed by atoms with Crippen molar-refractivity contribution in [3.05, 3.63) is 89.7 Å². The third-order valence-electron chi connectivity index (χ3n) is 4.24. The van der Waals surface area contributed by atoms with Crippen molar-refractivity contribution in [2.75, 3.05) is 16.8 Å². The molecule has 5 nitrogen and oxygen atoms in total. The maximum atomic E-state index is 12.6. The normalized spacial score (nSPS) is 10.1. The maximum absolute atomic E-state index is 12.6. The minimum absolute atomic E-state index is 0.289. The molecule has 0 bridgehead atoms. The Labute approximate surface area is 158 Å². The number of carbonyl (C=O) groups excluding carboxylic acids is 1. The fourth-order valence-electron chi connectivity index (χ4n) is 2.80. The molecule has 27 heavy (non-hydrogen) atoms. The van der Waals surface area contributed by atoms with E-state index in [0.29, 0.717) is 16.8 Å². The lowest BCUT2D eigenvalue weighted by atomic mass is 10.1. The summed E-state index contributed by atoms with van der Waals surface area (Å²) in [5, 5.41) is 12.0. The van der Waals surface area contributed by atoms with Gasteiger partial charge in [-0.15, -0.1) is 0 Å². The molecule has 134 valence electrons. The summed E-state index contributed by atoms with van der Waals surface area (Å²) in [6, 6.07) is 21.0. The van der Waals surface area contributed by atoms with Crippen molar-refractivity contribution in [2.24, 2.45) is 0 Å². The number of nitrogens with one attached hydrogen (secondary N) is 1. The molecule has 1 amide bonds. The lowest BCUT2D eigenvalue weighted by molar-refractivity contribution is 0.102. The third-order valence-corrected chi connectivity index (χ3v) is 4.24. The number of anilines is 2. The van der Waals surface area contributed by atoms with Crippen molar-refractivity contribution in [2.45, 2.75) is 13.5 Å². The highest BCUT2D eigenvalue weighted by Crippen LogP contribution is 2.19. The Morgan fingerprint density at radius 3 is 2.59 bits per heavy atom. The molecule has 0 saturated carbocycles. The summed E-state index contributed by atoms with van der Waals surface area (Å²) >= 11 is 0. The first-order valence-corrected chi connectivity index (χ1v) is 8.75. The molecule has 1 heterocycles. The number of pyridine rings is 1. The van der Waals surface area contributed by atoms with Gasteiger partial charge < -0.3 is 10.2 Å². The van der Waals surface area contributed by atoms with Crippen LogP contribution in [0.15, 0.2) is 73.1 Å². The van der Waals surface area contributed by atoms with Gasteiger partial charge in [0, 0.05) is 19.3 Å². The summed E-state index contributed by atoms with van der Waals surface area (Å²) in [5.74, 6) is -0.289. The number of rotatable bonds is 6. The number of carbonyl (C=O) groups is 1. The molecule has 0 fully saturated rings. The highest BCUT2D eigenvalue weighted by Gasteiger charge is 2.12. The molecule has 3 aromatic rings. The van der Waals surface area contributed by atoms with Crippen LogP contribution in [-0.4, -0.2) is 17.4 Å². The fourth-order valence-corrected chi connectivity index (χ4v) is 2.80. The second kappa shape index (κ2) is 8.63. The first-order chi connectivity index (χ1) is 13.2. The largest absolute Gasteiger partial charge is 0.366 e. The zero-order valence-corrected chi connectivity index (χ0v) is 15.1. The van der Waals surface area contributed by atoms with E-state index in [1.165, 1.54) is 11.8 Å². The quantitative estimate of drug-likeness (QED) is 0.717. The van der Waals surface area contributed by atoms with E-state index in [2.05, 4.69) is 40.3 Å². The number of para-hydroxylation sites is 1. The molecular formula is C22H20N4O. The van der Waals surface area contributed by atoms with Crippen LogP contribution in [0.25, 0.3) is 0 Å². The Kier molecular flexibility index (Phi) is 5.80. The molecule has 0 aliphatic carbocycles. The Hall–Kier alpha value is -3.65. The second-order valence-electron chi connectivity index (χ2n) is 6.04. The number of hydrogen-bond donors (Lipinski definition) is 1. The summed E-state index contributed by atoms with van der Waals surface area (Å²) in [5.41, 5.74) is 3.44. The number of benzene rings is 2. The summed E-state index contributed by atoms with van der Waals surface area (Å²) in [6.45, 7) is 3.60. The average Bonchev–Trinajstić information content (AvgIpc) is 2.73. The maximum Gasteiger partial charge on any atom is 0.257 e. The minimum atomic E-state index is -0.289. The zero-order chi connectivity index (χ0) is 19.1. The molecule has 0 aliphatic rings. The molecule has 0 spiro atoms. The molecule has 2 aromatic carbocycles. The van der Waals surface area contributed by atoms with Gasteiger partial charge in [0.2, 0.25) is 0 Å². The van der Waals surface area contributed by atoms with E-state index < -0.39 is 0 Å². The molecule has 0 unspecified atom stereocenters. The molecule has 1 aromatic heterocycles. The summed E-state index contributed by atoms with van der Waals surface area (Å²) in [6.07, 6.45) is 3.29. The first kappa shape index (κ1) is 18.2. The van der Waals surface area contributed by atoms with E-state index >= 15 is 0 Å². The van der Waals surface area contributed by atoms with Gasteiger partial charge in [-0.05, 0) is 30.7 Å². The van der Waals surface area contributed by atoms with E-state index in [4.69, 9.17) is 0 Å². The lowest BCUT2D eigenvalue weighted by Crippen LogP contribution is -2.23. The van der Waals surface area contributed by atoms with Gasteiger partial charge in [-0.1, -0.05) is 42.5 Å². The first-order valence-electron chi connectivity index (χ1n) is 8.75. The molecule has 0 aliphatic heterocycles. The van der Waals surface area contributed by atoms with Crippen LogP contribution in [0.1, 0.15) is 28.4 Å². The Morgan fingerprint density at radius 2 is 1.85 bits per heavy atom. The lowest BCUT2D eigenvalue weighted by Gasteiger charge is -2.23. The molecule has 5 heteroatoms. The van der Waals surface area contributed by atoms with E-state index in [1.54, 1.807) is 30.5 Å². The number of nitrogens with zero attached hydrogens (tertiary/aromatic N) is 3. The van der Waals surface area contributed by atoms with Gasteiger partial charge in [0.05, 0.1) is 28.7 Å². The van der Waals surface area contributed by atoms with Gasteiger partial charge in [0.15, 0.2) is 0 Å². The number of hydrogen-bond acceptors (Lipinski definition) is 4. The van der Waals surface area contributed by atoms with Crippen LogP contribution in [-0.2, 0) is 6.54 Å². The van der Waals surface area contributed by atoms with E-state index in [-0.39, 0.29) is 5.91 Å². The van der Waals surface area contributed by atoms with Crippen LogP contribution in [0.5, 0.6) is 0 Å². The standard InChI is InChI=1S/C22H20N4O/c1-2-26(16-17-8-4-3-5-9-17)20-12-19(14-24-15-20)22(27)25-21-11-7-6-10-18(21)13-23/h3-12,14-15H,2,16H2,1H3,(H,25,27). The highest BCUT2D eigenvalue weighted by atomic mass is 16.1. The summed E-state index contributed by atoms with van der Waals surface area (Å²) in [4.78, 5) is 19.0. The van der Waals surface area contributed by atoms with Gasteiger partial charge in [0.25, 0.3) is 5.91 Å². The van der Waals surface area contributed by atoms with Crippen LogP contribution < -0.4 is 10.2 Å². The third kappa shape index (κ3) is 4.50. The number of aromatic nitrogens is 1. The number of amides is 1. The van der Waals surface area contributed by atoms with Gasteiger partial charge in [-0.3, -0.25) is 9.78 Å². The van der Waals surface area contributed by atoms with Gasteiger partial charge in [-0.25, -0.2) is 0 Å². The van der Waals surface area contributed by atoms with Crippen molar-refractivity contribution in [1.29, 1.82) is 5.26 Å². The Morgan fingerprint density at radius 1 is 1.11 bits per heavy atom. The predicted octanol–water partition coefficient (Wildman–Crippen LogP) is 4.23. The van der Waals surface area contributed by atoms with Crippen molar-refractivity contribution in [3.8, 4) is 6.07 Å². The van der Waals surface area contributed by atoms with Crippen LogP contribution in [0.4, 0.5) is 11.4 Å². The van der Waals surface area contributed by atoms with Gasteiger partial charge in [0.1, 0.15) is 6.07 Å². The van der Waals surface area contributed by atoms with Crippen molar-refractivity contribution in [3.63, 3.8) is 0 Å². The molecule has 0 radical (unpaired) electrons. The summed E-state index contributed by atoms with van der Waals surface area (Å²) in [7, 11) is 0. The van der Waals surface area contributed by atoms with Crippen LogP contribution in [0.2, 0.25) is 0 Å². The number of nitriles is 1. The molecular weight excluding hydrogens is 336 g/mol. The van der Waals surface area contributed by atoms with Crippen LogP contribution >= 0.6 is 0 Å². The average molecular weight is 356 g/mol. The zero-order valence-electron chi connectivity index (χ0n) is 15.1. The molecule has 1 N–H and O–H groups in total. The SMILES string of the molecule is CCN(Cc1ccccc1)c1cncc(C(=O)Nc2ccccc2C#N)c1. The second-order valence-corrected chi connectivity index (χ2v) is 6.04. The molecule has 0 atom stereocenters. The van der Waals surface area contributed by atoms with Crippen molar-refractivity contribution in [1.82, 2.24) is 4.98 Å². The van der Waals surface area contributed by atoms with E-state index in [0.717, 1.165) is 18.8 Å². The molecule has 0 saturated heterocycles. The smallest absolute Gasteiger partial charge is 0.257 e. The Bertz CT molecular complexity index is 963. The highest BCUT2D eigenvalue weighted by molar-refractivity contribution is 6.05.